The first-order valence-electron chi connectivity index (χ1n) is 21.3. The summed E-state index contributed by atoms with van der Waals surface area (Å²) >= 11 is 0. The average Bonchev–Trinajstić information content (AvgIpc) is 4.01. The zero-order valence-electron chi connectivity index (χ0n) is 34.0. The lowest BCUT2D eigenvalue weighted by Crippen LogP contribution is -1.94. The van der Waals surface area contributed by atoms with Crippen LogP contribution in [0.4, 0.5) is 0 Å². The van der Waals surface area contributed by atoms with Crippen molar-refractivity contribution in [1.29, 1.82) is 0 Å². The number of benzene rings is 5. The van der Waals surface area contributed by atoms with E-state index < -0.39 is 0 Å². The first-order valence-corrected chi connectivity index (χ1v) is 21.3. The molecule has 12 aromatic rings. The number of fused-ring (bicyclic) bond motifs is 9. The predicted octanol–water partition coefficient (Wildman–Crippen LogP) is 14.1. The zero-order valence-corrected chi connectivity index (χ0v) is 34.0. The van der Waals surface area contributed by atoms with Crippen molar-refractivity contribution in [2.75, 3.05) is 0 Å². The Labute approximate surface area is 361 Å². The molecule has 5 aromatic carbocycles. The summed E-state index contributed by atoms with van der Waals surface area (Å²) in [5.41, 5.74) is 19.0. The molecule has 7 heterocycles. The minimum Gasteiger partial charge on any atom is -0.456 e. The molecule has 0 aliphatic heterocycles. The standard InChI is InChI=1S/C56H36N6O/c1-3-9-35(10-4-1)39-25-41(33-57-31-39)37-15-19-49-47(27-37)55-51(13-7-23-59-55)61(49)43-17-21-53-45(29-43)46-30-44(18-22-54(46)63-53)62-50-20-16-38(28-48(50)56-52(62)14-8-24-60-56)42-26-40(32-58-34-42)36-11-5-2-6-12-36/h1-5,7-11,13-34H,6,12H2. The number of furan rings is 1. The molecule has 0 spiro atoms. The number of hydrogen-bond donors (Lipinski definition) is 0. The second kappa shape index (κ2) is 14.1. The van der Waals surface area contributed by atoms with Crippen molar-refractivity contribution in [1.82, 2.24) is 29.1 Å². The van der Waals surface area contributed by atoms with Crippen LogP contribution in [-0.4, -0.2) is 29.1 Å². The number of allylic oxidation sites excluding steroid dienone is 4. The summed E-state index contributed by atoms with van der Waals surface area (Å²) in [6.45, 7) is 0. The van der Waals surface area contributed by atoms with Crippen LogP contribution in [0, 0.1) is 0 Å². The summed E-state index contributed by atoms with van der Waals surface area (Å²) in [6.07, 6.45) is 20.2. The van der Waals surface area contributed by atoms with Gasteiger partial charge in [0.05, 0.1) is 33.1 Å². The fourth-order valence-corrected chi connectivity index (χ4v) is 9.62. The Morgan fingerprint density at radius 3 is 1.56 bits per heavy atom. The quantitative estimate of drug-likeness (QED) is 0.167. The molecule has 0 amide bonds. The van der Waals surface area contributed by atoms with E-state index in [4.69, 9.17) is 14.4 Å². The number of rotatable bonds is 6. The first-order chi connectivity index (χ1) is 31.2. The van der Waals surface area contributed by atoms with E-state index in [2.05, 4.69) is 159 Å². The molecule has 7 nitrogen and oxygen atoms in total. The predicted molar refractivity (Wildman–Crippen MR) is 256 cm³/mol. The van der Waals surface area contributed by atoms with Gasteiger partial charge in [-0.25, -0.2) is 0 Å². The minimum absolute atomic E-state index is 0.835. The van der Waals surface area contributed by atoms with Crippen LogP contribution in [0.5, 0.6) is 0 Å². The third-order valence-electron chi connectivity index (χ3n) is 12.6. The molecule has 0 bridgehead atoms. The highest BCUT2D eigenvalue weighted by Gasteiger charge is 2.19. The fraction of sp³-hybridized carbons (Fsp3) is 0.0357. The number of hydrogen-bond acceptors (Lipinski definition) is 5. The van der Waals surface area contributed by atoms with Gasteiger partial charge in [-0.2, -0.15) is 0 Å². The molecule has 0 atom stereocenters. The van der Waals surface area contributed by atoms with Gasteiger partial charge in [-0.05, 0) is 138 Å². The Morgan fingerprint density at radius 1 is 0.429 bits per heavy atom. The Bertz CT molecular complexity index is 3870. The first kappa shape index (κ1) is 35.3. The van der Waals surface area contributed by atoms with Gasteiger partial charge in [-0.3, -0.25) is 19.9 Å². The van der Waals surface area contributed by atoms with Crippen LogP contribution in [0.1, 0.15) is 18.4 Å². The highest BCUT2D eigenvalue weighted by atomic mass is 16.3. The summed E-state index contributed by atoms with van der Waals surface area (Å²) in [6, 6.07) is 49.5. The summed E-state index contributed by atoms with van der Waals surface area (Å²) < 4.78 is 11.1. The molecule has 7 aromatic heterocycles. The van der Waals surface area contributed by atoms with Gasteiger partial charge < -0.3 is 13.6 Å². The lowest BCUT2D eigenvalue weighted by Gasteiger charge is -2.11. The van der Waals surface area contributed by atoms with Gasteiger partial charge in [0, 0.05) is 86.8 Å². The van der Waals surface area contributed by atoms with Crippen LogP contribution in [-0.2, 0) is 0 Å². The van der Waals surface area contributed by atoms with Crippen LogP contribution in [0.25, 0.3) is 116 Å². The Balaban J connectivity index is 0.926. The summed E-state index contributed by atoms with van der Waals surface area (Å²) in [7, 11) is 0. The van der Waals surface area contributed by atoms with Gasteiger partial charge >= 0.3 is 0 Å². The molecule has 1 aliphatic carbocycles. The highest BCUT2D eigenvalue weighted by molar-refractivity contribution is 6.12. The van der Waals surface area contributed by atoms with Crippen molar-refractivity contribution in [2.24, 2.45) is 0 Å². The van der Waals surface area contributed by atoms with E-state index in [0.717, 1.165) is 123 Å². The van der Waals surface area contributed by atoms with Crippen molar-refractivity contribution in [3.05, 3.63) is 200 Å². The summed E-state index contributed by atoms with van der Waals surface area (Å²) in [4.78, 5) is 19.1. The van der Waals surface area contributed by atoms with E-state index in [1.54, 1.807) is 0 Å². The summed E-state index contributed by atoms with van der Waals surface area (Å²) in [5.74, 6) is 0. The second-order valence-electron chi connectivity index (χ2n) is 16.3. The van der Waals surface area contributed by atoms with E-state index in [1.807, 2.05) is 55.4 Å². The van der Waals surface area contributed by atoms with Gasteiger partial charge in [-0.15, -0.1) is 0 Å². The summed E-state index contributed by atoms with van der Waals surface area (Å²) in [5, 5.41) is 4.26. The Kier molecular flexibility index (Phi) is 7.90. The monoisotopic (exact) mass is 808 g/mol. The van der Waals surface area contributed by atoms with Crippen molar-refractivity contribution in [2.45, 2.75) is 12.8 Å². The molecule has 0 fully saturated rings. The molecule has 1 aliphatic rings. The van der Waals surface area contributed by atoms with Gasteiger partial charge in [0.25, 0.3) is 0 Å². The van der Waals surface area contributed by atoms with E-state index in [-0.39, 0.29) is 0 Å². The van der Waals surface area contributed by atoms with Crippen LogP contribution in [0.15, 0.2) is 199 Å². The van der Waals surface area contributed by atoms with Crippen LogP contribution in [0.2, 0.25) is 0 Å². The normalized spacial score (nSPS) is 13.0. The van der Waals surface area contributed by atoms with Gasteiger partial charge in [0.1, 0.15) is 11.2 Å². The van der Waals surface area contributed by atoms with Crippen molar-refractivity contribution in [3.8, 4) is 44.8 Å². The SMILES string of the molecule is C1=CCCC(c2cncc(-c3ccc4c(c3)c3ncccc3n4-c3ccc4oc5ccc(-n6c7ccc(-c8cncc(-c9ccccc9)c8)cc7c7ncccc76)cc5c4c3)c2)=C1. The molecule has 0 saturated carbocycles. The smallest absolute Gasteiger partial charge is 0.135 e. The van der Waals surface area contributed by atoms with Crippen molar-refractivity contribution >= 4 is 71.4 Å². The molecule has 63 heavy (non-hydrogen) atoms. The maximum Gasteiger partial charge on any atom is 0.135 e. The second-order valence-corrected chi connectivity index (χ2v) is 16.3. The number of nitrogens with zero attached hydrogens (tertiary/aromatic N) is 6. The lowest BCUT2D eigenvalue weighted by molar-refractivity contribution is 0.669. The number of pyridine rings is 4. The molecular weight excluding hydrogens is 773 g/mol. The maximum absolute atomic E-state index is 6.51. The van der Waals surface area contributed by atoms with E-state index in [0.29, 0.717) is 0 Å². The third-order valence-corrected chi connectivity index (χ3v) is 12.6. The zero-order chi connectivity index (χ0) is 41.4. The van der Waals surface area contributed by atoms with Crippen LogP contribution < -0.4 is 0 Å². The fourth-order valence-electron chi connectivity index (χ4n) is 9.62. The van der Waals surface area contributed by atoms with Crippen molar-refractivity contribution in [3.63, 3.8) is 0 Å². The van der Waals surface area contributed by atoms with Crippen LogP contribution >= 0.6 is 0 Å². The topological polar surface area (TPSA) is 74.6 Å². The molecule has 0 radical (unpaired) electrons. The third kappa shape index (κ3) is 5.74. The Hall–Kier alpha value is -8.42. The molecule has 0 unspecified atom stereocenters. The molecule has 0 N–H and O–H groups in total. The van der Waals surface area contributed by atoms with Gasteiger partial charge in [-0.1, -0.05) is 60.7 Å². The molecular formula is C56H36N6O. The van der Waals surface area contributed by atoms with Crippen molar-refractivity contribution < 1.29 is 4.42 Å². The van der Waals surface area contributed by atoms with E-state index in [9.17, 15) is 0 Å². The molecule has 0 saturated heterocycles. The number of aromatic nitrogens is 6. The van der Waals surface area contributed by atoms with Gasteiger partial charge in [0.15, 0.2) is 0 Å². The molecule has 13 rings (SSSR count). The van der Waals surface area contributed by atoms with Crippen LogP contribution in [0.3, 0.4) is 0 Å². The minimum atomic E-state index is 0.835. The maximum atomic E-state index is 6.51. The highest BCUT2D eigenvalue weighted by Crippen LogP contribution is 2.40. The van der Waals surface area contributed by atoms with E-state index >= 15 is 0 Å². The van der Waals surface area contributed by atoms with Gasteiger partial charge in [0.2, 0.25) is 0 Å². The van der Waals surface area contributed by atoms with E-state index in [1.165, 1.54) is 11.1 Å². The Morgan fingerprint density at radius 2 is 0.984 bits per heavy atom. The molecule has 7 heteroatoms. The largest absolute Gasteiger partial charge is 0.456 e. The average molecular weight is 809 g/mol. The lowest BCUT2D eigenvalue weighted by atomic mass is 9.96. The molecule has 296 valence electrons.